The van der Waals surface area contributed by atoms with E-state index in [-0.39, 0.29) is 30.8 Å². The lowest BCUT2D eigenvalue weighted by molar-refractivity contribution is -0.145. The van der Waals surface area contributed by atoms with Gasteiger partial charge in [-0.2, -0.15) is 0 Å². The number of nitrogens with zero attached hydrogens (tertiary/aromatic N) is 1. The summed E-state index contributed by atoms with van der Waals surface area (Å²) in [5.41, 5.74) is 1.04. The molecule has 0 radical (unpaired) electrons. The lowest BCUT2D eigenvalue weighted by Crippen LogP contribution is -2.56. The summed E-state index contributed by atoms with van der Waals surface area (Å²) < 4.78 is 16.9. The van der Waals surface area contributed by atoms with Crippen molar-refractivity contribution in [2.45, 2.75) is 38.0 Å². The molecule has 22 heavy (non-hydrogen) atoms. The molecule has 2 aliphatic heterocycles. The van der Waals surface area contributed by atoms with E-state index in [0.717, 1.165) is 24.2 Å². The van der Waals surface area contributed by atoms with Crippen LogP contribution in [0.3, 0.4) is 0 Å². The van der Waals surface area contributed by atoms with E-state index < -0.39 is 0 Å². The minimum Gasteiger partial charge on any atom is -0.484 e. The Bertz CT molecular complexity index is 533. The molecule has 2 heterocycles. The lowest BCUT2D eigenvalue weighted by Gasteiger charge is -2.40. The maximum absolute atomic E-state index is 12.5. The molecule has 0 spiro atoms. The molecule has 2 aliphatic rings. The number of rotatable bonds is 4. The van der Waals surface area contributed by atoms with Crippen molar-refractivity contribution in [3.63, 3.8) is 0 Å². The van der Waals surface area contributed by atoms with Gasteiger partial charge in [-0.25, -0.2) is 0 Å². The molecule has 1 amide bonds. The zero-order chi connectivity index (χ0) is 15.5. The molecule has 0 aliphatic carbocycles. The first-order valence-electron chi connectivity index (χ1n) is 7.83. The number of piperidine rings is 1. The summed E-state index contributed by atoms with van der Waals surface area (Å²) in [6, 6.07) is 7.86. The number of aryl methyl sites for hydroxylation is 1. The van der Waals surface area contributed by atoms with E-state index in [2.05, 4.69) is 0 Å². The van der Waals surface area contributed by atoms with Crippen molar-refractivity contribution < 1.29 is 19.0 Å². The molecule has 2 saturated heterocycles. The Hall–Kier alpha value is -1.59. The van der Waals surface area contributed by atoms with Crippen molar-refractivity contribution in [3.05, 3.63) is 29.8 Å². The molecule has 5 nitrogen and oxygen atoms in total. The van der Waals surface area contributed by atoms with E-state index in [1.807, 2.05) is 36.1 Å². The molecule has 1 aromatic carbocycles. The van der Waals surface area contributed by atoms with Gasteiger partial charge in [-0.1, -0.05) is 18.2 Å². The monoisotopic (exact) mass is 305 g/mol. The van der Waals surface area contributed by atoms with Crippen molar-refractivity contribution in [1.82, 2.24) is 4.90 Å². The number of para-hydroxylation sites is 1. The van der Waals surface area contributed by atoms with Crippen molar-refractivity contribution in [1.29, 1.82) is 0 Å². The molecule has 1 aromatic rings. The van der Waals surface area contributed by atoms with E-state index in [0.29, 0.717) is 13.2 Å². The van der Waals surface area contributed by atoms with Crippen LogP contribution in [0.15, 0.2) is 24.3 Å². The predicted octanol–water partition coefficient (Wildman–Crippen LogP) is 1.78. The first-order valence-corrected chi connectivity index (χ1v) is 7.83. The zero-order valence-electron chi connectivity index (χ0n) is 13.2. The van der Waals surface area contributed by atoms with Crippen molar-refractivity contribution in [2.75, 3.05) is 26.9 Å². The first-order chi connectivity index (χ1) is 10.7. The smallest absolute Gasteiger partial charge is 0.260 e. The molecular weight excluding hydrogens is 282 g/mol. The first kappa shape index (κ1) is 15.3. The standard InChI is InChI=1S/C17H23NO4/c1-12-5-3-4-6-14(12)22-11-16(19)18-9-7-15(20-2)17-13(18)8-10-21-17/h3-6,13,15,17H,7-11H2,1-2H3/t13-,15-,17-/m0/s1. The number of fused-ring (bicyclic) bond motifs is 1. The van der Waals surface area contributed by atoms with E-state index in [1.165, 1.54) is 0 Å². The van der Waals surface area contributed by atoms with Crippen LogP contribution in [0.25, 0.3) is 0 Å². The lowest BCUT2D eigenvalue weighted by atomic mass is 9.95. The van der Waals surface area contributed by atoms with Crippen LogP contribution in [0.5, 0.6) is 5.75 Å². The van der Waals surface area contributed by atoms with Gasteiger partial charge in [0.25, 0.3) is 5.91 Å². The Kier molecular flexibility index (Phi) is 4.64. The van der Waals surface area contributed by atoms with E-state index in [9.17, 15) is 4.79 Å². The maximum Gasteiger partial charge on any atom is 0.260 e. The number of hydrogen-bond acceptors (Lipinski definition) is 4. The van der Waals surface area contributed by atoms with E-state index >= 15 is 0 Å². The number of ether oxygens (including phenoxy) is 3. The highest BCUT2D eigenvalue weighted by Gasteiger charge is 2.44. The summed E-state index contributed by atoms with van der Waals surface area (Å²) in [6.45, 7) is 3.45. The zero-order valence-corrected chi connectivity index (χ0v) is 13.2. The average molecular weight is 305 g/mol. The van der Waals surface area contributed by atoms with Gasteiger partial charge in [0, 0.05) is 20.3 Å². The summed E-state index contributed by atoms with van der Waals surface area (Å²) in [4.78, 5) is 14.4. The SMILES string of the molecule is CO[C@H]1CCN(C(=O)COc2ccccc2C)[C@H]2CCO[C@H]12. The van der Waals surface area contributed by atoms with Crippen LogP contribution in [0.1, 0.15) is 18.4 Å². The van der Waals surface area contributed by atoms with Crippen molar-refractivity contribution in [2.24, 2.45) is 0 Å². The largest absolute Gasteiger partial charge is 0.484 e. The summed E-state index contributed by atoms with van der Waals surface area (Å²) in [6.07, 6.45) is 1.78. The molecule has 120 valence electrons. The predicted molar refractivity (Wildman–Crippen MR) is 81.9 cm³/mol. The van der Waals surface area contributed by atoms with Crippen LogP contribution >= 0.6 is 0 Å². The average Bonchev–Trinajstić information content (AvgIpc) is 3.02. The second kappa shape index (κ2) is 6.67. The van der Waals surface area contributed by atoms with Crippen LogP contribution in [0.4, 0.5) is 0 Å². The molecule has 0 N–H and O–H groups in total. The fourth-order valence-electron chi connectivity index (χ4n) is 3.39. The highest BCUT2D eigenvalue weighted by Crippen LogP contribution is 2.30. The Morgan fingerprint density at radius 3 is 2.95 bits per heavy atom. The molecule has 3 rings (SSSR count). The number of likely N-dealkylation sites (tertiary alicyclic amines) is 1. The summed E-state index contributed by atoms with van der Waals surface area (Å²) >= 11 is 0. The van der Waals surface area contributed by atoms with Gasteiger partial charge in [0.2, 0.25) is 0 Å². The fourth-order valence-corrected chi connectivity index (χ4v) is 3.39. The van der Waals surface area contributed by atoms with Gasteiger partial charge >= 0.3 is 0 Å². The van der Waals surface area contributed by atoms with Crippen LogP contribution in [0.2, 0.25) is 0 Å². The minimum absolute atomic E-state index is 0.00108. The second-order valence-electron chi connectivity index (χ2n) is 5.90. The highest BCUT2D eigenvalue weighted by molar-refractivity contribution is 5.78. The fraction of sp³-hybridized carbons (Fsp3) is 0.588. The third-order valence-corrected chi connectivity index (χ3v) is 4.59. The van der Waals surface area contributed by atoms with Crippen LogP contribution < -0.4 is 4.74 Å². The van der Waals surface area contributed by atoms with Gasteiger partial charge in [0.05, 0.1) is 12.1 Å². The number of benzene rings is 1. The van der Waals surface area contributed by atoms with Crippen LogP contribution in [0, 0.1) is 6.92 Å². The molecule has 3 atom stereocenters. The summed E-state index contributed by atoms with van der Waals surface area (Å²) in [5.74, 6) is 0.792. The Balaban J connectivity index is 1.62. The van der Waals surface area contributed by atoms with E-state index in [4.69, 9.17) is 14.2 Å². The molecule has 5 heteroatoms. The Labute approximate surface area is 131 Å². The number of methoxy groups -OCH3 is 1. The number of amides is 1. The van der Waals surface area contributed by atoms with Crippen molar-refractivity contribution >= 4 is 5.91 Å². The molecule has 0 unspecified atom stereocenters. The van der Waals surface area contributed by atoms with Gasteiger partial charge in [-0.3, -0.25) is 4.79 Å². The van der Waals surface area contributed by atoms with Gasteiger partial charge in [0.15, 0.2) is 6.61 Å². The third kappa shape index (κ3) is 2.96. The molecule has 0 saturated carbocycles. The van der Waals surface area contributed by atoms with Gasteiger partial charge in [-0.05, 0) is 31.4 Å². The van der Waals surface area contributed by atoms with Crippen LogP contribution in [-0.2, 0) is 14.3 Å². The van der Waals surface area contributed by atoms with Gasteiger partial charge < -0.3 is 19.1 Å². The Morgan fingerprint density at radius 2 is 2.18 bits per heavy atom. The van der Waals surface area contributed by atoms with Gasteiger partial charge in [-0.15, -0.1) is 0 Å². The number of hydrogen-bond donors (Lipinski definition) is 0. The summed E-state index contributed by atoms with van der Waals surface area (Å²) in [7, 11) is 1.71. The quantitative estimate of drug-likeness (QED) is 0.851. The molecule has 0 bridgehead atoms. The van der Waals surface area contributed by atoms with Crippen LogP contribution in [-0.4, -0.2) is 55.9 Å². The topological polar surface area (TPSA) is 48.0 Å². The third-order valence-electron chi connectivity index (χ3n) is 4.59. The van der Waals surface area contributed by atoms with E-state index in [1.54, 1.807) is 7.11 Å². The molecule has 2 fully saturated rings. The second-order valence-corrected chi connectivity index (χ2v) is 5.90. The maximum atomic E-state index is 12.5. The molecular formula is C17H23NO4. The highest BCUT2D eigenvalue weighted by atomic mass is 16.5. The minimum atomic E-state index is 0.00108. The number of carbonyl (C=O) groups is 1. The Morgan fingerprint density at radius 1 is 1.36 bits per heavy atom. The van der Waals surface area contributed by atoms with Crippen molar-refractivity contribution in [3.8, 4) is 5.75 Å². The number of carbonyl (C=O) groups excluding carboxylic acids is 1. The van der Waals surface area contributed by atoms with Gasteiger partial charge in [0.1, 0.15) is 11.9 Å². The summed E-state index contributed by atoms with van der Waals surface area (Å²) in [5, 5.41) is 0. The molecule has 0 aromatic heterocycles. The normalized spacial score (nSPS) is 27.5.